The Hall–Kier alpha value is -2.71. The van der Waals surface area contributed by atoms with Crippen molar-refractivity contribution in [2.75, 3.05) is 32.2 Å². The molecule has 8 nitrogen and oxygen atoms in total. The van der Waals surface area contributed by atoms with Crippen LogP contribution in [0.5, 0.6) is 0 Å². The molecule has 0 fully saturated rings. The molecule has 0 amide bonds. The Labute approximate surface area is 119 Å². The van der Waals surface area contributed by atoms with Gasteiger partial charge in [0.15, 0.2) is 5.82 Å². The largest absolute Gasteiger partial charge is 0.468 e. The van der Waals surface area contributed by atoms with Gasteiger partial charge < -0.3 is 14.4 Å². The van der Waals surface area contributed by atoms with Gasteiger partial charge in [-0.2, -0.15) is 0 Å². The van der Waals surface area contributed by atoms with Crippen LogP contribution in [0.4, 0.5) is 15.8 Å². The van der Waals surface area contributed by atoms with E-state index in [0.29, 0.717) is 6.07 Å². The molecular formula is C12H13FN2O6. The normalized spacial score (nSPS) is 9.86. The van der Waals surface area contributed by atoms with Gasteiger partial charge in [0.05, 0.1) is 30.9 Å². The van der Waals surface area contributed by atoms with Crippen molar-refractivity contribution in [2.24, 2.45) is 0 Å². The summed E-state index contributed by atoms with van der Waals surface area (Å²) in [4.78, 5) is 33.5. The summed E-state index contributed by atoms with van der Waals surface area (Å²) < 4.78 is 22.8. The topological polar surface area (TPSA) is 99.0 Å². The fourth-order valence-electron chi connectivity index (χ4n) is 1.53. The number of rotatable bonds is 6. The number of carbonyl (C=O) groups excluding carboxylic acids is 2. The van der Waals surface area contributed by atoms with Gasteiger partial charge in [0.2, 0.25) is 0 Å². The summed E-state index contributed by atoms with van der Waals surface area (Å²) >= 11 is 0. The lowest BCUT2D eigenvalue weighted by Gasteiger charge is -2.22. The highest BCUT2D eigenvalue weighted by molar-refractivity contribution is 5.81. The van der Waals surface area contributed by atoms with Crippen LogP contribution in [0.2, 0.25) is 0 Å². The molecule has 114 valence electrons. The standard InChI is InChI=1S/C12H13FN2O6/c1-20-11(16)6-14(7-12(17)21-2)10-4-3-8(15(18)19)5-9(10)13/h3-5H,6-7H2,1-2H3. The van der Waals surface area contributed by atoms with Crippen LogP contribution in [0.25, 0.3) is 0 Å². The first kappa shape index (κ1) is 16.3. The molecule has 0 heterocycles. The van der Waals surface area contributed by atoms with E-state index in [4.69, 9.17) is 0 Å². The van der Waals surface area contributed by atoms with Crippen LogP contribution in [0.1, 0.15) is 0 Å². The van der Waals surface area contributed by atoms with E-state index in [1.807, 2.05) is 0 Å². The second-order valence-corrected chi connectivity index (χ2v) is 3.90. The smallest absolute Gasteiger partial charge is 0.325 e. The molecule has 0 aliphatic heterocycles. The van der Waals surface area contributed by atoms with Gasteiger partial charge >= 0.3 is 11.9 Å². The molecule has 0 saturated carbocycles. The van der Waals surface area contributed by atoms with E-state index in [2.05, 4.69) is 9.47 Å². The highest BCUT2D eigenvalue weighted by atomic mass is 19.1. The van der Waals surface area contributed by atoms with Crippen LogP contribution in [0.3, 0.4) is 0 Å². The van der Waals surface area contributed by atoms with Crippen molar-refractivity contribution < 1.29 is 28.4 Å². The number of hydrogen-bond donors (Lipinski definition) is 0. The first-order chi connectivity index (χ1) is 9.88. The molecule has 1 rings (SSSR count). The molecule has 1 aromatic rings. The summed E-state index contributed by atoms with van der Waals surface area (Å²) in [5.74, 6) is -2.33. The average molecular weight is 300 g/mol. The lowest BCUT2D eigenvalue weighted by Crippen LogP contribution is -2.36. The number of methoxy groups -OCH3 is 2. The minimum Gasteiger partial charge on any atom is -0.468 e. The maximum absolute atomic E-state index is 13.9. The maximum Gasteiger partial charge on any atom is 0.325 e. The van der Waals surface area contributed by atoms with Gasteiger partial charge in [0.1, 0.15) is 13.1 Å². The zero-order valence-electron chi connectivity index (χ0n) is 11.4. The molecule has 21 heavy (non-hydrogen) atoms. The van der Waals surface area contributed by atoms with Gasteiger partial charge in [-0.05, 0) is 6.07 Å². The number of benzene rings is 1. The van der Waals surface area contributed by atoms with Gasteiger partial charge in [-0.15, -0.1) is 0 Å². The number of esters is 2. The van der Waals surface area contributed by atoms with E-state index in [-0.39, 0.29) is 5.69 Å². The van der Waals surface area contributed by atoms with Crippen molar-refractivity contribution in [1.82, 2.24) is 0 Å². The number of nitrogens with zero attached hydrogens (tertiary/aromatic N) is 2. The Balaban J connectivity index is 3.09. The SMILES string of the molecule is COC(=O)CN(CC(=O)OC)c1ccc([N+](=O)[O-])cc1F. The summed E-state index contributed by atoms with van der Waals surface area (Å²) in [5, 5.41) is 10.6. The second kappa shape index (κ2) is 7.17. The molecule has 0 N–H and O–H groups in total. The molecule has 0 atom stereocenters. The van der Waals surface area contributed by atoms with Gasteiger partial charge in [0, 0.05) is 6.07 Å². The third kappa shape index (κ3) is 4.41. The molecule has 0 radical (unpaired) electrons. The minimum atomic E-state index is -0.933. The number of halogens is 1. The predicted molar refractivity (Wildman–Crippen MR) is 69.3 cm³/mol. The van der Waals surface area contributed by atoms with Gasteiger partial charge in [-0.25, -0.2) is 4.39 Å². The van der Waals surface area contributed by atoms with E-state index >= 15 is 0 Å². The molecule has 0 bridgehead atoms. The van der Waals surface area contributed by atoms with Crippen LogP contribution >= 0.6 is 0 Å². The van der Waals surface area contributed by atoms with Crippen LogP contribution in [-0.2, 0) is 19.1 Å². The Morgan fingerprint density at radius 1 is 1.24 bits per heavy atom. The predicted octanol–water partition coefficient (Wildman–Crippen LogP) is 0.886. The zero-order valence-corrected chi connectivity index (χ0v) is 11.4. The monoisotopic (exact) mass is 300 g/mol. The van der Waals surface area contributed by atoms with Crippen molar-refractivity contribution in [3.05, 3.63) is 34.1 Å². The molecule has 0 spiro atoms. The molecule has 0 aliphatic rings. The number of anilines is 1. The molecule has 0 saturated heterocycles. The first-order valence-corrected chi connectivity index (χ1v) is 5.71. The third-order valence-corrected chi connectivity index (χ3v) is 2.58. The Morgan fingerprint density at radius 2 is 1.76 bits per heavy atom. The van der Waals surface area contributed by atoms with E-state index in [1.54, 1.807) is 0 Å². The van der Waals surface area contributed by atoms with Crippen LogP contribution in [0, 0.1) is 15.9 Å². The molecular weight excluding hydrogens is 287 g/mol. The Morgan fingerprint density at radius 3 is 2.14 bits per heavy atom. The highest BCUT2D eigenvalue weighted by Crippen LogP contribution is 2.24. The molecule has 0 aliphatic carbocycles. The van der Waals surface area contributed by atoms with Crippen molar-refractivity contribution in [2.45, 2.75) is 0 Å². The van der Waals surface area contributed by atoms with Crippen LogP contribution in [0.15, 0.2) is 18.2 Å². The summed E-state index contributed by atoms with van der Waals surface area (Å²) in [6, 6.07) is 2.89. The molecule has 1 aromatic carbocycles. The molecule has 0 unspecified atom stereocenters. The maximum atomic E-state index is 13.9. The lowest BCUT2D eigenvalue weighted by molar-refractivity contribution is -0.385. The lowest BCUT2D eigenvalue weighted by atomic mass is 10.2. The van der Waals surface area contributed by atoms with E-state index in [1.165, 1.54) is 0 Å². The number of nitro groups is 1. The third-order valence-electron chi connectivity index (χ3n) is 2.58. The fourth-order valence-corrected chi connectivity index (χ4v) is 1.53. The Kier molecular flexibility index (Phi) is 5.58. The first-order valence-electron chi connectivity index (χ1n) is 5.71. The quantitative estimate of drug-likeness (QED) is 0.437. The van der Waals surface area contributed by atoms with Gasteiger partial charge in [0.25, 0.3) is 5.69 Å². The second-order valence-electron chi connectivity index (χ2n) is 3.90. The summed E-state index contributed by atoms with van der Waals surface area (Å²) in [6.07, 6.45) is 0. The van der Waals surface area contributed by atoms with Gasteiger partial charge in [-0.1, -0.05) is 0 Å². The summed E-state index contributed by atoms with van der Waals surface area (Å²) in [6.45, 7) is -0.805. The number of nitro benzene ring substituents is 1. The zero-order chi connectivity index (χ0) is 16.0. The van der Waals surface area contributed by atoms with Crippen molar-refractivity contribution in [3.63, 3.8) is 0 Å². The van der Waals surface area contributed by atoms with Crippen LogP contribution in [-0.4, -0.2) is 44.2 Å². The summed E-state index contributed by atoms with van der Waals surface area (Å²) in [5.41, 5.74) is -0.580. The average Bonchev–Trinajstić information content (AvgIpc) is 2.45. The summed E-state index contributed by atoms with van der Waals surface area (Å²) in [7, 11) is 2.29. The van der Waals surface area contributed by atoms with Crippen molar-refractivity contribution in [3.8, 4) is 0 Å². The van der Waals surface area contributed by atoms with Crippen molar-refractivity contribution >= 4 is 23.3 Å². The number of non-ortho nitro benzene ring substituents is 1. The van der Waals surface area contributed by atoms with Crippen LogP contribution < -0.4 is 4.90 Å². The minimum absolute atomic E-state index is 0.142. The Bertz CT molecular complexity index is 545. The van der Waals surface area contributed by atoms with Crippen molar-refractivity contribution in [1.29, 1.82) is 0 Å². The van der Waals surface area contributed by atoms with E-state index in [0.717, 1.165) is 31.3 Å². The molecule has 9 heteroatoms. The number of carbonyl (C=O) groups is 2. The van der Waals surface area contributed by atoms with E-state index < -0.39 is 41.5 Å². The molecule has 0 aromatic heterocycles. The highest BCUT2D eigenvalue weighted by Gasteiger charge is 2.21. The fraction of sp³-hybridized carbons (Fsp3) is 0.333. The van der Waals surface area contributed by atoms with E-state index in [9.17, 15) is 24.1 Å². The number of ether oxygens (including phenoxy) is 2. The number of hydrogen-bond acceptors (Lipinski definition) is 7. The van der Waals surface area contributed by atoms with Gasteiger partial charge in [-0.3, -0.25) is 19.7 Å².